The summed E-state index contributed by atoms with van der Waals surface area (Å²) in [5.41, 5.74) is 0.423. The molecule has 0 amide bonds. The van der Waals surface area contributed by atoms with Gasteiger partial charge in [0.2, 0.25) is 0 Å². The molecule has 0 aliphatic carbocycles. The van der Waals surface area contributed by atoms with Crippen molar-refractivity contribution in [2.75, 3.05) is 45.8 Å². The molecule has 2 aliphatic rings. The minimum atomic E-state index is 0.423. The van der Waals surface area contributed by atoms with Crippen molar-refractivity contribution in [2.45, 2.75) is 40.2 Å². The topological polar surface area (TPSA) is 18.5 Å². The van der Waals surface area contributed by atoms with E-state index in [0.717, 1.165) is 25.0 Å². The zero-order valence-corrected chi connectivity index (χ0v) is 12.7. The Morgan fingerprint density at radius 3 is 2.72 bits per heavy atom. The van der Waals surface area contributed by atoms with Crippen LogP contribution in [-0.2, 0) is 0 Å². The molecule has 0 radical (unpaired) electrons. The van der Waals surface area contributed by atoms with Crippen molar-refractivity contribution in [2.24, 2.45) is 11.3 Å². The Kier molecular flexibility index (Phi) is 4.68. The number of hydrogen-bond acceptors (Lipinski definition) is 3. The summed E-state index contributed by atoms with van der Waals surface area (Å²) in [4.78, 5) is 5.32. The molecule has 0 aromatic rings. The minimum Gasteiger partial charge on any atom is -0.315 e. The van der Waals surface area contributed by atoms with E-state index >= 15 is 0 Å². The average Bonchev–Trinajstić information content (AvgIpc) is 2.65. The highest BCUT2D eigenvalue weighted by atomic mass is 15.2. The summed E-state index contributed by atoms with van der Waals surface area (Å²) in [5, 5.41) is 3.57. The fraction of sp³-hybridized carbons (Fsp3) is 1.00. The molecule has 18 heavy (non-hydrogen) atoms. The molecule has 0 aromatic heterocycles. The first kappa shape index (κ1) is 14.3. The fourth-order valence-electron chi connectivity index (χ4n) is 3.41. The molecule has 2 fully saturated rings. The van der Waals surface area contributed by atoms with Crippen molar-refractivity contribution in [1.82, 2.24) is 15.1 Å². The van der Waals surface area contributed by atoms with Gasteiger partial charge >= 0.3 is 0 Å². The summed E-state index contributed by atoms with van der Waals surface area (Å²) in [7, 11) is 0. The highest BCUT2D eigenvalue weighted by Crippen LogP contribution is 2.23. The lowest BCUT2D eigenvalue weighted by Gasteiger charge is -2.31. The molecule has 2 aliphatic heterocycles. The van der Waals surface area contributed by atoms with Crippen LogP contribution in [0.5, 0.6) is 0 Å². The van der Waals surface area contributed by atoms with E-state index in [1.165, 1.54) is 39.1 Å². The lowest BCUT2D eigenvalue weighted by Crippen LogP contribution is -2.38. The van der Waals surface area contributed by atoms with Gasteiger partial charge < -0.3 is 15.1 Å². The third kappa shape index (κ3) is 3.94. The predicted molar refractivity (Wildman–Crippen MR) is 77.9 cm³/mol. The van der Waals surface area contributed by atoms with Gasteiger partial charge in [-0.05, 0) is 38.1 Å². The average molecular weight is 253 g/mol. The van der Waals surface area contributed by atoms with Crippen LogP contribution in [0.4, 0.5) is 0 Å². The van der Waals surface area contributed by atoms with Crippen LogP contribution in [0, 0.1) is 11.3 Å². The highest BCUT2D eigenvalue weighted by Gasteiger charge is 2.29. The number of nitrogens with one attached hydrogen (secondary N) is 1. The Bertz CT molecular complexity index is 262. The van der Waals surface area contributed by atoms with E-state index in [0.29, 0.717) is 5.41 Å². The van der Waals surface area contributed by atoms with Crippen LogP contribution in [0.1, 0.15) is 34.1 Å². The molecule has 0 saturated carbocycles. The van der Waals surface area contributed by atoms with Crippen LogP contribution < -0.4 is 5.32 Å². The predicted octanol–water partition coefficient (Wildman–Crippen LogP) is 1.65. The van der Waals surface area contributed by atoms with Gasteiger partial charge in [-0.15, -0.1) is 0 Å². The number of likely N-dealkylation sites (tertiary alicyclic amines) is 1. The Balaban J connectivity index is 1.82. The Labute approximate surface area is 113 Å². The van der Waals surface area contributed by atoms with Crippen LogP contribution in [0.25, 0.3) is 0 Å². The van der Waals surface area contributed by atoms with Gasteiger partial charge in [0.25, 0.3) is 0 Å². The Morgan fingerprint density at radius 1 is 1.28 bits per heavy atom. The molecule has 0 aromatic carbocycles. The standard InChI is InChI=1S/C15H31N3/c1-13(2)18-7-5-14(10-18)9-17-8-6-16-11-15(3,4)12-17/h13-14,16H,5-12H2,1-4H3. The molecule has 2 rings (SSSR count). The minimum absolute atomic E-state index is 0.423. The van der Waals surface area contributed by atoms with Crippen molar-refractivity contribution >= 4 is 0 Å². The van der Waals surface area contributed by atoms with Gasteiger partial charge in [-0.2, -0.15) is 0 Å². The van der Waals surface area contributed by atoms with E-state index in [1.54, 1.807) is 0 Å². The molecule has 106 valence electrons. The maximum Gasteiger partial charge on any atom is 0.0107 e. The zero-order chi connectivity index (χ0) is 13.2. The van der Waals surface area contributed by atoms with E-state index in [9.17, 15) is 0 Å². The second-order valence-corrected chi connectivity index (χ2v) is 7.32. The summed E-state index contributed by atoms with van der Waals surface area (Å²) in [6.07, 6.45) is 1.39. The van der Waals surface area contributed by atoms with Crippen molar-refractivity contribution in [3.8, 4) is 0 Å². The third-order valence-electron chi connectivity index (χ3n) is 4.42. The molecule has 0 spiro atoms. The maximum absolute atomic E-state index is 3.57. The van der Waals surface area contributed by atoms with Gasteiger partial charge in [0.15, 0.2) is 0 Å². The van der Waals surface area contributed by atoms with Crippen molar-refractivity contribution in [3.05, 3.63) is 0 Å². The molecule has 0 bridgehead atoms. The van der Waals surface area contributed by atoms with Crippen molar-refractivity contribution in [1.29, 1.82) is 0 Å². The first-order valence-corrected chi connectivity index (χ1v) is 7.63. The monoisotopic (exact) mass is 253 g/mol. The van der Waals surface area contributed by atoms with Gasteiger partial charge in [0.1, 0.15) is 0 Å². The highest BCUT2D eigenvalue weighted by molar-refractivity contribution is 4.85. The first-order valence-electron chi connectivity index (χ1n) is 7.63. The van der Waals surface area contributed by atoms with E-state index in [2.05, 4.69) is 42.8 Å². The van der Waals surface area contributed by atoms with Gasteiger partial charge in [0, 0.05) is 45.3 Å². The molecule has 1 unspecified atom stereocenters. The lowest BCUT2D eigenvalue weighted by molar-refractivity contribution is 0.176. The van der Waals surface area contributed by atoms with Gasteiger partial charge in [-0.3, -0.25) is 0 Å². The summed E-state index contributed by atoms with van der Waals surface area (Å²) >= 11 is 0. The number of hydrogen-bond donors (Lipinski definition) is 1. The van der Waals surface area contributed by atoms with E-state index in [-0.39, 0.29) is 0 Å². The van der Waals surface area contributed by atoms with Crippen molar-refractivity contribution in [3.63, 3.8) is 0 Å². The van der Waals surface area contributed by atoms with Crippen LogP contribution in [0.3, 0.4) is 0 Å². The second kappa shape index (κ2) is 5.89. The Morgan fingerprint density at radius 2 is 2.06 bits per heavy atom. The number of nitrogens with zero attached hydrogens (tertiary/aromatic N) is 2. The Hall–Kier alpha value is -0.120. The number of rotatable bonds is 3. The molecule has 2 heterocycles. The molecular formula is C15H31N3. The van der Waals surface area contributed by atoms with Crippen LogP contribution in [-0.4, -0.2) is 61.7 Å². The van der Waals surface area contributed by atoms with Crippen LogP contribution in [0.2, 0.25) is 0 Å². The van der Waals surface area contributed by atoms with E-state index < -0.39 is 0 Å². The summed E-state index contributed by atoms with van der Waals surface area (Å²) in [6, 6.07) is 0.720. The molecule has 3 nitrogen and oxygen atoms in total. The smallest absolute Gasteiger partial charge is 0.0107 e. The molecule has 3 heteroatoms. The molecule has 1 atom stereocenters. The van der Waals surface area contributed by atoms with Gasteiger partial charge in [-0.25, -0.2) is 0 Å². The molecular weight excluding hydrogens is 222 g/mol. The first-order chi connectivity index (χ1) is 8.46. The largest absolute Gasteiger partial charge is 0.315 e. The van der Waals surface area contributed by atoms with Crippen LogP contribution in [0.15, 0.2) is 0 Å². The van der Waals surface area contributed by atoms with Gasteiger partial charge in [0.05, 0.1) is 0 Å². The second-order valence-electron chi connectivity index (χ2n) is 7.32. The third-order valence-corrected chi connectivity index (χ3v) is 4.42. The molecule has 2 saturated heterocycles. The van der Waals surface area contributed by atoms with E-state index in [4.69, 9.17) is 0 Å². The van der Waals surface area contributed by atoms with Crippen LogP contribution >= 0.6 is 0 Å². The lowest BCUT2D eigenvalue weighted by atomic mass is 9.93. The van der Waals surface area contributed by atoms with Gasteiger partial charge in [-0.1, -0.05) is 13.8 Å². The molecule has 1 N–H and O–H groups in total. The SMILES string of the molecule is CC(C)N1CCC(CN2CCNCC(C)(C)C2)C1. The summed E-state index contributed by atoms with van der Waals surface area (Å²) in [5.74, 6) is 0.890. The summed E-state index contributed by atoms with van der Waals surface area (Å²) in [6.45, 7) is 18.1. The zero-order valence-electron chi connectivity index (χ0n) is 12.7. The quantitative estimate of drug-likeness (QED) is 0.825. The normalized spacial score (nSPS) is 30.8. The summed E-state index contributed by atoms with van der Waals surface area (Å²) < 4.78 is 0. The van der Waals surface area contributed by atoms with E-state index in [1.807, 2.05) is 0 Å². The fourth-order valence-corrected chi connectivity index (χ4v) is 3.41. The maximum atomic E-state index is 3.57. The van der Waals surface area contributed by atoms with Crippen molar-refractivity contribution < 1.29 is 0 Å².